The van der Waals surface area contributed by atoms with E-state index in [9.17, 15) is 14.4 Å². The molecule has 5 rings (SSSR count). The first-order chi connectivity index (χ1) is 16.9. The average molecular weight is 471 g/mol. The normalized spacial score (nSPS) is 15.0. The van der Waals surface area contributed by atoms with Gasteiger partial charge in [0.1, 0.15) is 6.61 Å². The summed E-state index contributed by atoms with van der Waals surface area (Å²) in [5.41, 5.74) is 4.98. The van der Waals surface area contributed by atoms with E-state index >= 15 is 0 Å². The Morgan fingerprint density at radius 3 is 2.11 bits per heavy atom. The number of anilines is 1. The van der Waals surface area contributed by atoms with Crippen LogP contribution in [0.1, 0.15) is 41.9 Å². The molecule has 35 heavy (non-hydrogen) atoms. The minimum absolute atomic E-state index is 0.0302. The second kappa shape index (κ2) is 9.25. The molecule has 3 aromatic carbocycles. The van der Waals surface area contributed by atoms with Crippen LogP contribution in [0.2, 0.25) is 0 Å². The number of hydrogen-bond donors (Lipinski definition) is 3. The summed E-state index contributed by atoms with van der Waals surface area (Å²) in [5.74, 6) is -1.28. The minimum atomic E-state index is -0.970. The Balaban J connectivity index is 1.18. The largest absolute Gasteiger partial charge is 0.481 e. The van der Waals surface area contributed by atoms with Gasteiger partial charge in [0.25, 0.3) is 0 Å². The van der Waals surface area contributed by atoms with E-state index in [1.54, 1.807) is 24.3 Å². The Morgan fingerprint density at radius 1 is 0.886 bits per heavy atom. The molecule has 0 aliphatic heterocycles. The molecule has 3 N–H and O–H groups in total. The number of alkyl carbamates (subject to hydrolysis) is 1. The smallest absolute Gasteiger partial charge is 0.407 e. The third kappa shape index (κ3) is 4.89. The molecule has 0 bridgehead atoms. The van der Waals surface area contributed by atoms with Gasteiger partial charge in [0.15, 0.2) is 0 Å². The van der Waals surface area contributed by atoms with Crippen LogP contribution in [0, 0.1) is 0 Å². The van der Waals surface area contributed by atoms with Gasteiger partial charge in [-0.3, -0.25) is 9.59 Å². The highest BCUT2D eigenvalue weighted by Gasteiger charge is 2.46. The number of para-hydroxylation sites is 1. The van der Waals surface area contributed by atoms with Gasteiger partial charge in [0, 0.05) is 11.6 Å². The molecule has 7 heteroatoms. The van der Waals surface area contributed by atoms with Gasteiger partial charge >= 0.3 is 12.1 Å². The lowest BCUT2D eigenvalue weighted by molar-refractivity contribution is -0.136. The molecule has 0 radical (unpaired) electrons. The lowest BCUT2D eigenvalue weighted by Gasteiger charge is -2.19. The van der Waals surface area contributed by atoms with E-state index in [0.29, 0.717) is 24.1 Å². The number of carboxylic acid groups (broad SMARTS) is 1. The third-order valence-corrected chi connectivity index (χ3v) is 6.70. The van der Waals surface area contributed by atoms with Crippen LogP contribution in [0.4, 0.5) is 10.5 Å². The summed E-state index contributed by atoms with van der Waals surface area (Å²) >= 11 is 0. The highest BCUT2D eigenvalue weighted by molar-refractivity contribution is 5.93. The van der Waals surface area contributed by atoms with E-state index in [0.717, 1.165) is 22.3 Å². The Hall–Kier alpha value is -4.13. The van der Waals surface area contributed by atoms with Crippen LogP contribution in [-0.4, -0.2) is 35.2 Å². The number of amides is 2. The standard InChI is InChI=1S/C28H26N2O5/c31-25(29-24-12-6-1-7-18(24)15-26(32)33)16-28(13-14-28)30-27(34)35-17-23-21-10-4-2-8-19(21)20-9-3-5-11-22(20)23/h1-12,23H,13-17H2,(H,29,31)(H,30,34)(H,32,33). The number of benzene rings is 3. The molecule has 0 aromatic heterocycles. The first-order valence-electron chi connectivity index (χ1n) is 11.7. The zero-order valence-corrected chi connectivity index (χ0v) is 19.1. The molecule has 0 spiro atoms. The van der Waals surface area contributed by atoms with Gasteiger partial charge in [-0.15, -0.1) is 0 Å². The van der Waals surface area contributed by atoms with Gasteiger partial charge in [0.05, 0.1) is 18.4 Å². The fraction of sp³-hybridized carbons (Fsp3) is 0.250. The number of hydrogen-bond acceptors (Lipinski definition) is 4. The van der Waals surface area contributed by atoms with Crippen molar-refractivity contribution in [3.05, 3.63) is 89.5 Å². The molecule has 178 valence electrons. The molecule has 0 heterocycles. The minimum Gasteiger partial charge on any atom is -0.481 e. The summed E-state index contributed by atoms with van der Waals surface area (Å²) in [6.45, 7) is 0.213. The van der Waals surface area contributed by atoms with Crippen LogP contribution in [-0.2, 0) is 20.7 Å². The monoisotopic (exact) mass is 470 g/mol. The molecule has 7 nitrogen and oxygen atoms in total. The number of carbonyl (C=O) groups excluding carboxylic acids is 2. The highest BCUT2D eigenvalue weighted by atomic mass is 16.5. The SMILES string of the molecule is O=C(O)Cc1ccccc1NC(=O)CC1(NC(=O)OCC2c3ccccc3-c3ccccc32)CC1. The van der Waals surface area contributed by atoms with Crippen LogP contribution in [0.25, 0.3) is 11.1 Å². The fourth-order valence-corrected chi connectivity index (χ4v) is 4.81. The van der Waals surface area contributed by atoms with Crippen LogP contribution in [0.3, 0.4) is 0 Å². The van der Waals surface area contributed by atoms with Crippen molar-refractivity contribution in [3.8, 4) is 11.1 Å². The maximum atomic E-state index is 12.7. The average Bonchev–Trinajstić information content (AvgIpc) is 3.50. The molecular weight excluding hydrogens is 444 g/mol. The van der Waals surface area contributed by atoms with Crippen molar-refractivity contribution in [3.63, 3.8) is 0 Å². The third-order valence-electron chi connectivity index (χ3n) is 6.70. The van der Waals surface area contributed by atoms with Crippen molar-refractivity contribution >= 4 is 23.7 Å². The van der Waals surface area contributed by atoms with E-state index < -0.39 is 17.6 Å². The summed E-state index contributed by atoms with van der Waals surface area (Å²) < 4.78 is 5.63. The van der Waals surface area contributed by atoms with E-state index in [1.165, 1.54) is 0 Å². The number of fused-ring (bicyclic) bond motifs is 3. The molecule has 2 aliphatic carbocycles. The molecule has 3 aromatic rings. The molecule has 1 fully saturated rings. The Labute approximate surface area is 203 Å². The zero-order valence-electron chi connectivity index (χ0n) is 19.1. The quantitative estimate of drug-likeness (QED) is 0.442. The number of aliphatic carboxylic acids is 1. The van der Waals surface area contributed by atoms with E-state index in [4.69, 9.17) is 9.84 Å². The van der Waals surface area contributed by atoms with Gasteiger partial charge < -0.3 is 20.5 Å². The molecule has 0 unspecified atom stereocenters. The van der Waals surface area contributed by atoms with E-state index in [1.807, 2.05) is 24.3 Å². The van der Waals surface area contributed by atoms with Crippen LogP contribution in [0.5, 0.6) is 0 Å². The Morgan fingerprint density at radius 2 is 1.49 bits per heavy atom. The van der Waals surface area contributed by atoms with Crippen LogP contribution >= 0.6 is 0 Å². The lowest BCUT2D eigenvalue weighted by atomic mass is 9.98. The molecule has 0 saturated heterocycles. The highest BCUT2D eigenvalue weighted by Crippen LogP contribution is 2.44. The van der Waals surface area contributed by atoms with Gasteiger partial charge in [-0.25, -0.2) is 4.79 Å². The summed E-state index contributed by atoms with van der Waals surface area (Å²) in [6.07, 6.45) is 0.740. The molecule has 2 amide bonds. The zero-order chi connectivity index (χ0) is 24.4. The van der Waals surface area contributed by atoms with Gasteiger partial charge in [-0.1, -0.05) is 66.7 Å². The first-order valence-corrected chi connectivity index (χ1v) is 11.7. The van der Waals surface area contributed by atoms with Crippen LogP contribution < -0.4 is 10.6 Å². The van der Waals surface area contributed by atoms with Crippen molar-refractivity contribution in [2.24, 2.45) is 0 Å². The van der Waals surface area contributed by atoms with Crippen molar-refractivity contribution in [1.82, 2.24) is 5.32 Å². The Kier molecular flexibility index (Phi) is 5.99. The van der Waals surface area contributed by atoms with E-state index in [-0.39, 0.29) is 31.3 Å². The van der Waals surface area contributed by atoms with Crippen molar-refractivity contribution in [2.45, 2.75) is 37.1 Å². The molecule has 0 atom stereocenters. The van der Waals surface area contributed by atoms with Crippen LogP contribution in [0.15, 0.2) is 72.8 Å². The summed E-state index contributed by atoms with van der Waals surface area (Å²) in [6, 6.07) is 23.1. The summed E-state index contributed by atoms with van der Waals surface area (Å²) in [7, 11) is 0. The fourth-order valence-electron chi connectivity index (χ4n) is 4.81. The molecular formula is C28H26N2O5. The maximum Gasteiger partial charge on any atom is 0.407 e. The number of carbonyl (C=O) groups is 3. The van der Waals surface area contributed by atoms with Gasteiger partial charge in [0.2, 0.25) is 5.91 Å². The second-order valence-corrected chi connectivity index (χ2v) is 9.18. The molecule has 2 aliphatic rings. The predicted octanol–water partition coefficient (Wildman–Crippen LogP) is 4.71. The summed E-state index contributed by atoms with van der Waals surface area (Å²) in [5, 5.41) is 14.8. The summed E-state index contributed by atoms with van der Waals surface area (Å²) in [4.78, 5) is 36.4. The number of carboxylic acids is 1. The topological polar surface area (TPSA) is 105 Å². The second-order valence-electron chi connectivity index (χ2n) is 9.18. The van der Waals surface area contributed by atoms with E-state index in [2.05, 4.69) is 34.9 Å². The molecule has 1 saturated carbocycles. The predicted molar refractivity (Wildman–Crippen MR) is 131 cm³/mol. The van der Waals surface area contributed by atoms with Crippen molar-refractivity contribution < 1.29 is 24.2 Å². The maximum absolute atomic E-state index is 12.7. The number of nitrogens with one attached hydrogen (secondary N) is 2. The Bertz CT molecular complexity index is 1250. The number of rotatable bonds is 8. The lowest BCUT2D eigenvalue weighted by Crippen LogP contribution is -2.40. The first kappa shape index (κ1) is 22.7. The van der Waals surface area contributed by atoms with Crippen molar-refractivity contribution in [1.29, 1.82) is 0 Å². The number of ether oxygens (including phenoxy) is 1. The van der Waals surface area contributed by atoms with Gasteiger partial charge in [-0.2, -0.15) is 0 Å². The van der Waals surface area contributed by atoms with Crippen molar-refractivity contribution in [2.75, 3.05) is 11.9 Å². The van der Waals surface area contributed by atoms with Gasteiger partial charge in [-0.05, 0) is 46.7 Å².